The molecular weight excluding hydrogens is 272 g/mol. The molecule has 1 saturated heterocycles. The molecule has 0 saturated carbocycles. The lowest BCUT2D eigenvalue weighted by Crippen LogP contribution is -2.35. The van der Waals surface area contributed by atoms with Gasteiger partial charge in [0.15, 0.2) is 0 Å². The summed E-state index contributed by atoms with van der Waals surface area (Å²) in [6.45, 7) is 2.39. The first-order chi connectivity index (χ1) is 8.47. The summed E-state index contributed by atoms with van der Waals surface area (Å²) in [6.07, 6.45) is 1.56. The van der Waals surface area contributed by atoms with Crippen molar-refractivity contribution in [3.63, 3.8) is 0 Å². The number of nitrogens with one attached hydrogen (secondary N) is 2. The number of hydrogen-bond donors (Lipinski definition) is 2. The smallest absolute Gasteiger partial charge is 0.250 e. The molecule has 2 rings (SSSR count). The molecule has 0 radical (unpaired) electrons. The molecule has 0 bridgehead atoms. The Morgan fingerprint density at radius 2 is 2.22 bits per heavy atom. The van der Waals surface area contributed by atoms with E-state index in [9.17, 15) is 13.2 Å². The van der Waals surface area contributed by atoms with Gasteiger partial charge in [-0.15, -0.1) is 11.3 Å². The highest BCUT2D eigenvalue weighted by Crippen LogP contribution is 2.20. The molecular formula is C11H16N2O3S2. The Balaban J connectivity index is 2.06. The number of hydrogen-bond acceptors (Lipinski definition) is 4. The summed E-state index contributed by atoms with van der Waals surface area (Å²) < 4.78 is 27.2. The van der Waals surface area contributed by atoms with E-state index in [0.29, 0.717) is 30.0 Å². The summed E-state index contributed by atoms with van der Waals surface area (Å²) in [4.78, 5) is 11.2. The van der Waals surface area contributed by atoms with Crippen molar-refractivity contribution in [2.75, 3.05) is 6.54 Å². The van der Waals surface area contributed by atoms with E-state index in [1.165, 1.54) is 11.3 Å². The highest BCUT2D eigenvalue weighted by Gasteiger charge is 2.23. The number of aryl methyl sites for hydroxylation is 1. The van der Waals surface area contributed by atoms with E-state index >= 15 is 0 Å². The molecule has 1 aliphatic rings. The summed E-state index contributed by atoms with van der Waals surface area (Å²) in [5.74, 6) is -0.0105. The van der Waals surface area contributed by atoms with Crippen molar-refractivity contribution in [3.8, 4) is 0 Å². The zero-order valence-electron chi connectivity index (χ0n) is 10.1. The Kier molecular flexibility index (Phi) is 4.04. The zero-order valence-corrected chi connectivity index (χ0v) is 11.7. The number of carbonyl (C=O) groups is 1. The van der Waals surface area contributed by atoms with Crippen molar-refractivity contribution in [3.05, 3.63) is 17.0 Å². The standard InChI is InChI=1S/C11H16N2O3S2/c1-8-6-11(17-7-8)18(15,16)13-9-2-3-10(14)12-5-4-9/h6-7,9,13H,2-5H2,1H3,(H,12,14). The van der Waals surface area contributed by atoms with Gasteiger partial charge in [-0.3, -0.25) is 4.79 Å². The van der Waals surface area contributed by atoms with Gasteiger partial charge < -0.3 is 5.32 Å². The van der Waals surface area contributed by atoms with Gasteiger partial charge in [0.2, 0.25) is 15.9 Å². The summed E-state index contributed by atoms with van der Waals surface area (Å²) >= 11 is 1.22. The minimum atomic E-state index is -3.44. The van der Waals surface area contributed by atoms with Gasteiger partial charge in [-0.2, -0.15) is 0 Å². The molecule has 1 fully saturated rings. The molecule has 100 valence electrons. The SMILES string of the molecule is Cc1csc(S(=O)(=O)NC2CCNC(=O)CC2)c1. The number of carbonyl (C=O) groups excluding carboxylic acids is 1. The van der Waals surface area contributed by atoms with Crippen molar-refractivity contribution < 1.29 is 13.2 Å². The molecule has 7 heteroatoms. The fourth-order valence-electron chi connectivity index (χ4n) is 1.87. The predicted molar refractivity (Wildman–Crippen MR) is 70.0 cm³/mol. The van der Waals surface area contributed by atoms with Crippen molar-refractivity contribution in [2.24, 2.45) is 0 Å². The van der Waals surface area contributed by atoms with Crippen LogP contribution in [0.15, 0.2) is 15.7 Å². The molecule has 1 amide bonds. The number of sulfonamides is 1. The lowest BCUT2D eigenvalue weighted by molar-refractivity contribution is -0.120. The van der Waals surface area contributed by atoms with Gasteiger partial charge in [-0.25, -0.2) is 13.1 Å². The van der Waals surface area contributed by atoms with Crippen LogP contribution >= 0.6 is 11.3 Å². The Morgan fingerprint density at radius 1 is 1.44 bits per heavy atom. The third-order valence-electron chi connectivity index (χ3n) is 2.83. The van der Waals surface area contributed by atoms with E-state index in [2.05, 4.69) is 10.0 Å². The summed E-state index contributed by atoms with van der Waals surface area (Å²) in [5.41, 5.74) is 0.943. The first kappa shape index (κ1) is 13.5. The van der Waals surface area contributed by atoms with Crippen LogP contribution in [0.3, 0.4) is 0 Å². The van der Waals surface area contributed by atoms with E-state index < -0.39 is 10.0 Å². The van der Waals surface area contributed by atoms with Crippen LogP contribution in [0.25, 0.3) is 0 Å². The second kappa shape index (κ2) is 5.38. The van der Waals surface area contributed by atoms with E-state index in [4.69, 9.17) is 0 Å². The molecule has 0 aromatic carbocycles. The maximum atomic E-state index is 12.1. The fourth-order valence-corrected chi connectivity index (χ4v) is 4.42. The largest absolute Gasteiger partial charge is 0.356 e. The third-order valence-corrected chi connectivity index (χ3v) is 5.91. The number of rotatable bonds is 3. The van der Waals surface area contributed by atoms with Crippen LogP contribution in [0.2, 0.25) is 0 Å². The minimum absolute atomic E-state index is 0.0105. The molecule has 2 N–H and O–H groups in total. The first-order valence-corrected chi connectivity index (χ1v) is 8.18. The molecule has 1 aromatic rings. The molecule has 18 heavy (non-hydrogen) atoms. The van der Waals surface area contributed by atoms with Gasteiger partial charge in [0.25, 0.3) is 0 Å². The van der Waals surface area contributed by atoms with Crippen LogP contribution in [0.1, 0.15) is 24.8 Å². The van der Waals surface area contributed by atoms with Crippen molar-refractivity contribution in [1.82, 2.24) is 10.0 Å². The maximum Gasteiger partial charge on any atom is 0.250 e. The Labute approximate surface area is 111 Å². The van der Waals surface area contributed by atoms with Gasteiger partial charge in [0.05, 0.1) is 0 Å². The third kappa shape index (κ3) is 3.30. The summed E-state index contributed by atoms with van der Waals surface area (Å²) in [6, 6.07) is 1.49. The Morgan fingerprint density at radius 3 is 2.89 bits per heavy atom. The number of thiophene rings is 1. The topological polar surface area (TPSA) is 75.3 Å². The minimum Gasteiger partial charge on any atom is -0.356 e. The van der Waals surface area contributed by atoms with Crippen LogP contribution < -0.4 is 10.0 Å². The predicted octanol–water partition coefficient (Wildman–Crippen LogP) is 1.00. The fraction of sp³-hybridized carbons (Fsp3) is 0.545. The molecule has 1 aliphatic heterocycles. The van der Waals surface area contributed by atoms with Gasteiger partial charge in [-0.05, 0) is 36.8 Å². The second-order valence-corrected chi connectivity index (χ2v) is 7.29. The molecule has 0 spiro atoms. The average molecular weight is 288 g/mol. The van der Waals surface area contributed by atoms with E-state index in [-0.39, 0.29) is 11.9 Å². The lowest BCUT2D eigenvalue weighted by Gasteiger charge is -2.14. The van der Waals surface area contributed by atoms with E-state index in [0.717, 1.165) is 5.56 Å². The normalized spacial score (nSPS) is 21.4. The highest BCUT2D eigenvalue weighted by atomic mass is 32.2. The molecule has 1 aromatic heterocycles. The Bertz CT molecular complexity index is 536. The van der Waals surface area contributed by atoms with Crippen molar-refractivity contribution >= 4 is 27.3 Å². The van der Waals surface area contributed by atoms with E-state index in [1.807, 2.05) is 12.3 Å². The van der Waals surface area contributed by atoms with Gasteiger partial charge in [0, 0.05) is 19.0 Å². The van der Waals surface area contributed by atoms with Crippen LogP contribution in [-0.2, 0) is 14.8 Å². The molecule has 2 heterocycles. The highest BCUT2D eigenvalue weighted by molar-refractivity contribution is 7.91. The monoisotopic (exact) mass is 288 g/mol. The van der Waals surface area contributed by atoms with E-state index in [1.54, 1.807) is 6.07 Å². The van der Waals surface area contributed by atoms with Gasteiger partial charge in [0.1, 0.15) is 4.21 Å². The molecule has 1 atom stereocenters. The van der Waals surface area contributed by atoms with Crippen LogP contribution in [0, 0.1) is 6.92 Å². The maximum absolute atomic E-state index is 12.1. The number of amides is 1. The van der Waals surface area contributed by atoms with Gasteiger partial charge in [-0.1, -0.05) is 0 Å². The molecule has 0 aliphatic carbocycles. The van der Waals surface area contributed by atoms with Crippen LogP contribution in [-0.4, -0.2) is 26.9 Å². The van der Waals surface area contributed by atoms with Crippen molar-refractivity contribution in [2.45, 2.75) is 36.4 Å². The molecule has 1 unspecified atom stereocenters. The summed E-state index contributed by atoms with van der Waals surface area (Å²) in [7, 11) is -3.44. The summed E-state index contributed by atoms with van der Waals surface area (Å²) in [5, 5.41) is 4.55. The van der Waals surface area contributed by atoms with Crippen LogP contribution in [0.5, 0.6) is 0 Å². The van der Waals surface area contributed by atoms with Crippen LogP contribution in [0.4, 0.5) is 0 Å². The quantitative estimate of drug-likeness (QED) is 0.871. The lowest BCUT2D eigenvalue weighted by atomic mass is 10.1. The second-order valence-electron chi connectivity index (χ2n) is 4.44. The first-order valence-electron chi connectivity index (χ1n) is 5.81. The molecule has 5 nitrogen and oxygen atoms in total. The Hall–Kier alpha value is -0.920. The van der Waals surface area contributed by atoms with Gasteiger partial charge >= 0.3 is 0 Å². The zero-order chi connectivity index (χ0) is 13.2. The average Bonchev–Trinajstić information content (AvgIpc) is 2.63. The van der Waals surface area contributed by atoms with Crippen molar-refractivity contribution in [1.29, 1.82) is 0 Å².